The second kappa shape index (κ2) is 4.60. The second-order valence-corrected chi connectivity index (χ2v) is 3.97. The Balaban J connectivity index is 2.34. The largest absolute Gasteiger partial charge is 0.330 e. The molecule has 0 bridgehead atoms. The van der Waals surface area contributed by atoms with E-state index >= 15 is 0 Å². The van der Waals surface area contributed by atoms with E-state index in [1.165, 1.54) is 0 Å². The average Bonchev–Trinajstić information content (AvgIpc) is 2.26. The first-order valence-corrected chi connectivity index (χ1v) is 5.42. The maximum atomic E-state index is 5.90. The molecule has 0 saturated carbocycles. The molecule has 0 spiro atoms. The van der Waals surface area contributed by atoms with Gasteiger partial charge in [0.15, 0.2) is 0 Å². The molecule has 0 atom stereocenters. The van der Waals surface area contributed by atoms with E-state index in [-0.39, 0.29) is 0 Å². The molecule has 0 aliphatic heterocycles. The van der Waals surface area contributed by atoms with E-state index in [4.69, 9.17) is 17.3 Å². The maximum Gasteiger partial charge on any atom is 0.0706 e. The van der Waals surface area contributed by atoms with Crippen LogP contribution < -0.4 is 5.73 Å². The summed E-state index contributed by atoms with van der Waals surface area (Å²) >= 11 is 5.90. The molecule has 0 saturated heterocycles. The Hall–Kier alpha value is -1.12. The van der Waals surface area contributed by atoms with Gasteiger partial charge in [0.1, 0.15) is 0 Å². The summed E-state index contributed by atoms with van der Waals surface area (Å²) in [5.41, 5.74) is 7.55. The summed E-state index contributed by atoms with van der Waals surface area (Å²) in [6.07, 6.45) is 1.92. The Kier molecular flexibility index (Phi) is 3.19. The molecule has 1 aromatic carbocycles. The molecule has 3 heteroatoms. The second-order valence-electron chi connectivity index (χ2n) is 3.53. The number of hydrogen-bond donors (Lipinski definition) is 1. The van der Waals surface area contributed by atoms with Gasteiger partial charge in [0.05, 0.1) is 5.52 Å². The fourth-order valence-electron chi connectivity index (χ4n) is 1.56. The van der Waals surface area contributed by atoms with Gasteiger partial charge in [-0.05, 0) is 43.7 Å². The van der Waals surface area contributed by atoms with Crippen molar-refractivity contribution in [1.29, 1.82) is 0 Å². The summed E-state index contributed by atoms with van der Waals surface area (Å²) in [5.74, 6) is 0. The monoisotopic (exact) mass is 220 g/mol. The van der Waals surface area contributed by atoms with E-state index in [0.717, 1.165) is 34.5 Å². The topological polar surface area (TPSA) is 38.9 Å². The molecule has 78 valence electrons. The summed E-state index contributed by atoms with van der Waals surface area (Å²) in [6, 6.07) is 9.83. The predicted molar refractivity (Wildman–Crippen MR) is 64.1 cm³/mol. The van der Waals surface area contributed by atoms with Gasteiger partial charge in [0.2, 0.25) is 0 Å². The Morgan fingerprint density at radius 1 is 1.20 bits per heavy atom. The van der Waals surface area contributed by atoms with Gasteiger partial charge in [0.25, 0.3) is 0 Å². The lowest BCUT2D eigenvalue weighted by molar-refractivity contribution is 0.814. The Morgan fingerprint density at radius 2 is 2.07 bits per heavy atom. The highest BCUT2D eigenvalue weighted by Gasteiger charge is 1.98. The summed E-state index contributed by atoms with van der Waals surface area (Å²) in [5, 5.41) is 1.83. The van der Waals surface area contributed by atoms with Crippen LogP contribution in [0.1, 0.15) is 12.1 Å². The van der Waals surface area contributed by atoms with Gasteiger partial charge in [-0.2, -0.15) is 0 Å². The minimum absolute atomic E-state index is 0.709. The van der Waals surface area contributed by atoms with Gasteiger partial charge in [-0.3, -0.25) is 4.98 Å². The molecule has 2 rings (SSSR count). The molecule has 0 fully saturated rings. The molecule has 0 aliphatic carbocycles. The lowest BCUT2D eigenvalue weighted by Gasteiger charge is -2.02. The SMILES string of the molecule is NCCCc1ccc2cc(Cl)ccc2n1. The molecule has 2 aromatic rings. The number of aromatic nitrogens is 1. The molecule has 15 heavy (non-hydrogen) atoms. The highest BCUT2D eigenvalue weighted by Crippen LogP contribution is 2.18. The quantitative estimate of drug-likeness (QED) is 0.864. The van der Waals surface area contributed by atoms with Gasteiger partial charge in [-0.25, -0.2) is 0 Å². The van der Waals surface area contributed by atoms with Crippen molar-refractivity contribution in [1.82, 2.24) is 4.98 Å². The summed E-state index contributed by atoms with van der Waals surface area (Å²) in [4.78, 5) is 4.54. The molecule has 0 amide bonds. The summed E-state index contributed by atoms with van der Waals surface area (Å²) < 4.78 is 0. The first kappa shape index (κ1) is 10.4. The van der Waals surface area contributed by atoms with Crippen LogP contribution in [0.2, 0.25) is 5.02 Å². The predicted octanol–water partition coefficient (Wildman–Crippen LogP) is 2.78. The first-order valence-electron chi connectivity index (χ1n) is 5.05. The fraction of sp³-hybridized carbons (Fsp3) is 0.250. The zero-order valence-corrected chi connectivity index (χ0v) is 9.17. The Bertz CT molecular complexity index is 468. The number of nitrogens with two attached hydrogens (primary N) is 1. The van der Waals surface area contributed by atoms with Crippen LogP contribution in [0.4, 0.5) is 0 Å². The van der Waals surface area contributed by atoms with Gasteiger partial charge in [0, 0.05) is 16.1 Å². The molecule has 0 radical (unpaired) electrons. The van der Waals surface area contributed by atoms with Crippen LogP contribution in [-0.4, -0.2) is 11.5 Å². The first-order chi connectivity index (χ1) is 7.29. The van der Waals surface area contributed by atoms with E-state index in [2.05, 4.69) is 11.1 Å². The number of benzene rings is 1. The Morgan fingerprint density at radius 3 is 2.87 bits per heavy atom. The van der Waals surface area contributed by atoms with Crippen molar-refractivity contribution in [2.75, 3.05) is 6.54 Å². The van der Waals surface area contributed by atoms with Gasteiger partial charge < -0.3 is 5.73 Å². The van der Waals surface area contributed by atoms with Crippen LogP contribution in [0, 0.1) is 0 Å². The van der Waals surface area contributed by atoms with Gasteiger partial charge in [-0.15, -0.1) is 0 Å². The van der Waals surface area contributed by atoms with E-state index in [9.17, 15) is 0 Å². The number of halogens is 1. The number of aryl methyl sites for hydroxylation is 1. The van der Waals surface area contributed by atoms with Crippen molar-refractivity contribution in [2.24, 2.45) is 5.73 Å². The number of nitrogens with zero attached hydrogens (tertiary/aromatic N) is 1. The molecule has 1 heterocycles. The minimum Gasteiger partial charge on any atom is -0.330 e. The number of fused-ring (bicyclic) bond motifs is 1. The standard InChI is InChI=1S/C12H13ClN2/c13-10-4-6-12-9(8-10)3-5-11(15-12)2-1-7-14/h3-6,8H,1-2,7,14H2. The summed E-state index contributed by atoms with van der Waals surface area (Å²) in [6.45, 7) is 0.709. The molecule has 1 aromatic heterocycles. The van der Waals surface area contributed by atoms with Crippen molar-refractivity contribution in [3.8, 4) is 0 Å². The van der Waals surface area contributed by atoms with Crippen LogP contribution in [0.25, 0.3) is 10.9 Å². The van der Waals surface area contributed by atoms with Crippen LogP contribution in [0.5, 0.6) is 0 Å². The summed E-state index contributed by atoms with van der Waals surface area (Å²) in [7, 11) is 0. The molecular formula is C12H13ClN2. The van der Waals surface area contributed by atoms with Crippen molar-refractivity contribution < 1.29 is 0 Å². The van der Waals surface area contributed by atoms with Gasteiger partial charge >= 0.3 is 0 Å². The third-order valence-electron chi connectivity index (χ3n) is 2.35. The molecule has 0 aliphatic rings. The van der Waals surface area contributed by atoms with E-state index in [1.54, 1.807) is 0 Å². The molecular weight excluding hydrogens is 208 g/mol. The van der Waals surface area contributed by atoms with Crippen molar-refractivity contribution >= 4 is 22.5 Å². The van der Waals surface area contributed by atoms with E-state index in [1.807, 2.05) is 24.3 Å². The molecule has 2 nitrogen and oxygen atoms in total. The number of pyridine rings is 1. The average molecular weight is 221 g/mol. The van der Waals surface area contributed by atoms with Crippen LogP contribution in [0.3, 0.4) is 0 Å². The third-order valence-corrected chi connectivity index (χ3v) is 2.58. The zero-order valence-electron chi connectivity index (χ0n) is 8.41. The lowest BCUT2D eigenvalue weighted by Crippen LogP contribution is -2.01. The third kappa shape index (κ3) is 2.46. The van der Waals surface area contributed by atoms with Crippen molar-refractivity contribution in [2.45, 2.75) is 12.8 Å². The fourth-order valence-corrected chi connectivity index (χ4v) is 1.74. The van der Waals surface area contributed by atoms with E-state index in [0.29, 0.717) is 6.54 Å². The van der Waals surface area contributed by atoms with Crippen LogP contribution in [0.15, 0.2) is 30.3 Å². The number of hydrogen-bond acceptors (Lipinski definition) is 2. The minimum atomic E-state index is 0.709. The molecule has 0 unspecified atom stereocenters. The number of rotatable bonds is 3. The maximum absolute atomic E-state index is 5.90. The zero-order chi connectivity index (χ0) is 10.7. The highest BCUT2D eigenvalue weighted by atomic mass is 35.5. The van der Waals surface area contributed by atoms with Crippen molar-refractivity contribution in [3.63, 3.8) is 0 Å². The normalized spacial score (nSPS) is 10.8. The van der Waals surface area contributed by atoms with Crippen molar-refractivity contribution in [3.05, 3.63) is 41.0 Å². The van der Waals surface area contributed by atoms with Crippen LogP contribution in [-0.2, 0) is 6.42 Å². The molecule has 2 N–H and O–H groups in total. The Labute approximate surface area is 94.1 Å². The smallest absolute Gasteiger partial charge is 0.0706 e. The lowest BCUT2D eigenvalue weighted by atomic mass is 10.1. The van der Waals surface area contributed by atoms with Crippen LogP contribution >= 0.6 is 11.6 Å². The highest BCUT2D eigenvalue weighted by molar-refractivity contribution is 6.31. The van der Waals surface area contributed by atoms with E-state index < -0.39 is 0 Å². The van der Waals surface area contributed by atoms with Gasteiger partial charge in [-0.1, -0.05) is 17.7 Å².